The first kappa shape index (κ1) is 12.3. The Hall–Kier alpha value is -2.41. The van der Waals surface area contributed by atoms with E-state index in [1.165, 1.54) is 0 Å². The minimum absolute atomic E-state index is 0.866. The molecule has 0 saturated carbocycles. The van der Waals surface area contributed by atoms with E-state index in [0.29, 0.717) is 0 Å². The fourth-order valence-corrected chi connectivity index (χ4v) is 2.70. The van der Waals surface area contributed by atoms with E-state index < -0.39 is 0 Å². The number of anilines is 1. The van der Waals surface area contributed by atoms with Crippen molar-refractivity contribution in [2.24, 2.45) is 7.05 Å². The molecule has 1 N–H and O–H groups in total. The summed E-state index contributed by atoms with van der Waals surface area (Å²) in [7, 11) is 1.91. The topological polar surface area (TPSA) is 63.3 Å². The third-order valence-corrected chi connectivity index (χ3v) is 3.82. The van der Waals surface area contributed by atoms with E-state index in [9.17, 15) is 0 Å². The molecule has 0 aromatic carbocycles. The zero-order valence-electron chi connectivity index (χ0n) is 11.9. The summed E-state index contributed by atoms with van der Waals surface area (Å²) < 4.78 is 3.70. The summed E-state index contributed by atoms with van der Waals surface area (Å²) in [6.45, 7) is 3.97. The van der Waals surface area contributed by atoms with Crippen molar-refractivity contribution in [2.45, 2.75) is 0 Å². The van der Waals surface area contributed by atoms with Crippen LogP contribution in [0.15, 0.2) is 30.9 Å². The second-order valence-electron chi connectivity index (χ2n) is 5.27. The average molecular weight is 283 g/mol. The van der Waals surface area contributed by atoms with E-state index >= 15 is 0 Å². The molecule has 0 unspecified atom stereocenters. The van der Waals surface area contributed by atoms with Crippen LogP contribution in [-0.2, 0) is 7.05 Å². The first-order valence-electron chi connectivity index (χ1n) is 7.10. The monoisotopic (exact) mass is 283 g/mol. The highest BCUT2D eigenvalue weighted by Crippen LogP contribution is 2.22. The summed E-state index contributed by atoms with van der Waals surface area (Å²) in [4.78, 5) is 6.81. The van der Waals surface area contributed by atoms with Crippen molar-refractivity contribution in [3.63, 3.8) is 0 Å². The number of nitrogens with zero attached hydrogens (tertiary/aromatic N) is 6. The lowest BCUT2D eigenvalue weighted by atomic mass is 10.2. The Kier molecular flexibility index (Phi) is 2.85. The molecule has 0 aliphatic carbocycles. The Morgan fingerprint density at radius 3 is 2.62 bits per heavy atom. The van der Waals surface area contributed by atoms with Gasteiger partial charge >= 0.3 is 0 Å². The molecule has 0 radical (unpaired) electrons. The molecule has 0 amide bonds. The number of imidazole rings is 1. The van der Waals surface area contributed by atoms with Crippen LogP contribution in [0.1, 0.15) is 0 Å². The van der Waals surface area contributed by atoms with Crippen LogP contribution in [0.4, 0.5) is 5.82 Å². The lowest BCUT2D eigenvalue weighted by Crippen LogP contribution is -2.44. The molecule has 7 heteroatoms. The molecule has 4 rings (SSSR count). The smallest absolute Gasteiger partial charge is 0.156 e. The highest BCUT2D eigenvalue weighted by Gasteiger charge is 2.15. The van der Waals surface area contributed by atoms with Gasteiger partial charge in [-0.3, -0.25) is 4.68 Å². The standard InChI is InChI=1S/C14H17N7/c1-19-10-12(8-17-19)11-6-13-16-9-14(21(13)18-7-11)20-4-2-15-3-5-20/h6-10,15H,2-5H2,1H3. The van der Waals surface area contributed by atoms with Gasteiger partial charge in [0.2, 0.25) is 0 Å². The molecule has 4 heterocycles. The highest BCUT2D eigenvalue weighted by atomic mass is 15.4. The summed E-state index contributed by atoms with van der Waals surface area (Å²) >= 11 is 0. The number of rotatable bonds is 2. The van der Waals surface area contributed by atoms with E-state index in [4.69, 9.17) is 0 Å². The maximum atomic E-state index is 4.56. The minimum Gasteiger partial charge on any atom is -0.353 e. The van der Waals surface area contributed by atoms with Crippen LogP contribution in [0.3, 0.4) is 0 Å². The number of fused-ring (bicyclic) bond motifs is 1. The molecule has 0 atom stereocenters. The second-order valence-corrected chi connectivity index (χ2v) is 5.27. The maximum Gasteiger partial charge on any atom is 0.156 e. The van der Waals surface area contributed by atoms with Gasteiger partial charge < -0.3 is 10.2 Å². The predicted molar refractivity (Wildman–Crippen MR) is 80.3 cm³/mol. The minimum atomic E-state index is 0.866. The molecule has 1 aliphatic heterocycles. The molecule has 1 aliphatic rings. The number of aryl methyl sites for hydroxylation is 1. The van der Waals surface area contributed by atoms with Gasteiger partial charge in [-0.05, 0) is 6.07 Å². The van der Waals surface area contributed by atoms with Gasteiger partial charge in [-0.25, -0.2) is 4.98 Å². The fourth-order valence-electron chi connectivity index (χ4n) is 2.70. The first-order valence-corrected chi connectivity index (χ1v) is 7.10. The van der Waals surface area contributed by atoms with Gasteiger partial charge in [0, 0.05) is 50.6 Å². The lowest BCUT2D eigenvalue weighted by molar-refractivity contribution is 0.581. The summed E-state index contributed by atoms with van der Waals surface area (Å²) in [5.74, 6) is 1.06. The zero-order valence-corrected chi connectivity index (χ0v) is 11.9. The number of nitrogens with one attached hydrogen (secondary N) is 1. The van der Waals surface area contributed by atoms with Gasteiger partial charge in [0.15, 0.2) is 11.5 Å². The average Bonchev–Trinajstić information content (AvgIpc) is 3.13. The zero-order chi connectivity index (χ0) is 14.2. The Labute approximate surface area is 122 Å². The van der Waals surface area contributed by atoms with E-state index in [-0.39, 0.29) is 0 Å². The van der Waals surface area contributed by atoms with Crippen molar-refractivity contribution in [1.82, 2.24) is 29.7 Å². The van der Waals surface area contributed by atoms with Crippen LogP contribution in [0.25, 0.3) is 16.8 Å². The molecule has 0 spiro atoms. The van der Waals surface area contributed by atoms with E-state index in [2.05, 4.69) is 31.5 Å². The van der Waals surface area contributed by atoms with Crippen LogP contribution >= 0.6 is 0 Å². The second kappa shape index (κ2) is 4.85. The Bertz CT molecular complexity index is 767. The molecule has 7 nitrogen and oxygen atoms in total. The number of aromatic nitrogens is 5. The highest BCUT2D eigenvalue weighted by molar-refractivity contribution is 5.66. The lowest BCUT2D eigenvalue weighted by Gasteiger charge is -2.28. The van der Waals surface area contributed by atoms with Crippen LogP contribution in [0.2, 0.25) is 0 Å². The molecule has 1 saturated heterocycles. The Balaban J connectivity index is 1.73. The molecule has 3 aromatic rings. The number of piperazine rings is 1. The summed E-state index contributed by atoms with van der Waals surface area (Å²) in [6.07, 6.45) is 7.60. The van der Waals surface area contributed by atoms with Gasteiger partial charge in [-0.2, -0.15) is 14.7 Å². The summed E-state index contributed by atoms with van der Waals surface area (Å²) in [5, 5.41) is 12.1. The van der Waals surface area contributed by atoms with Crippen LogP contribution in [0.5, 0.6) is 0 Å². The van der Waals surface area contributed by atoms with Gasteiger partial charge in [-0.1, -0.05) is 0 Å². The van der Waals surface area contributed by atoms with Gasteiger partial charge in [0.05, 0.1) is 18.6 Å². The van der Waals surface area contributed by atoms with Crippen LogP contribution < -0.4 is 10.2 Å². The molecular formula is C14H17N7. The molecule has 108 valence electrons. The summed E-state index contributed by atoms with van der Waals surface area (Å²) in [6, 6.07) is 2.05. The molecule has 3 aromatic heterocycles. The molecule has 1 fully saturated rings. The Morgan fingerprint density at radius 1 is 1.05 bits per heavy atom. The third kappa shape index (κ3) is 2.15. The Morgan fingerprint density at radius 2 is 1.86 bits per heavy atom. The predicted octanol–water partition coefficient (Wildman–Crippen LogP) is 0.539. The van der Waals surface area contributed by atoms with Gasteiger partial charge in [0.25, 0.3) is 0 Å². The SMILES string of the molecule is Cn1cc(-c2cnn3c(N4CCNCC4)cnc3c2)cn1. The van der Waals surface area contributed by atoms with Crippen LogP contribution in [0, 0.1) is 0 Å². The van der Waals surface area contributed by atoms with Crippen molar-refractivity contribution in [3.05, 3.63) is 30.9 Å². The van der Waals surface area contributed by atoms with Gasteiger partial charge in [0.1, 0.15) is 0 Å². The van der Waals surface area contributed by atoms with E-state index in [1.54, 1.807) is 4.68 Å². The molecule has 21 heavy (non-hydrogen) atoms. The quantitative estimate of drug-likeness (QED) is 0.744. The number of hydrogen-bond acceptors (Lipinski definition) is 5. The first-order chi connectivity index (χ1) is 10.3. The summed E-state index contributed by atoms with van der Waals surface area (Å²) in [5.41, 5.74) is 2.96. The van der Waals surface area contributed by atoms with Gasteiger partial charge in [-0.15, -0.1) is 0 Å². The van der Waals surface area contributed by atoms with Crippen molar-refractivity contribution in [1.29, 1.82) is 0 Å². The maximum absolute atomic E-state index is 4.56. The van der Waals surface area contributed by atoms with Crippen molar-refractivity contribution < 1.29 is 0 Å². The van der Waals surface area contributed by atoms with Crippen molar-refractivity contribution in [2.75, 3.05) is 31.1 Å². The normalized spacial score (nSPS) is 15.8. The van der Waals surface area contributed by atoms with Crippen molar-refractivity contribution >= 4 is 11.5 Å². The van der Waals surface area contributed by atoms with Crippen LogP contribution in [-0.4, -0.2) is 50.6 Å². The number of hydrogen-bond donors (Lipinski definition) is 1. The molecular weight excluding hydrogens is 266 g/mol. The fraction of sp³-hybridized carbons (Fsp3) is 0.357. The van der Waals surface area contributed by atoms with E-state index in [0.717, 1.165) is 48.8 Å². The van der Waals surface area contributed by atoms with Crippen molar-refractivity contribution in [3.8, 4) is 11.1 Å². The van der Waals surface area contributed by atoms with E-state index in [1.807, 2.05) is 36.4 Å². The largest absolute Gasteiger partial charge is 0.353 e. The third-order valence-electron chi connectivity index (χ3n) is 3.82. The molecule has 0 bridgehead atoms.